The molecule has 0 bridgehead atoms. The van der Waals surface area contributed by atoms with Crippen molar-refractivity contribution < 1.29 is 14.3 Å². The number of anilines is 2. The summed E-state index contributed by atoms with van der Waals surface area (Å²) in [6.45, 7) is 1.64. The highest BCUT2D eigenvalue weighted by molar-refractivity contribution is 7.15. The molecule has 1 aromatic heterocycles. The normalized spacial score (nSPS) is 18.8. The van der Waals surface area contributed by atoms with Gasteiger partial charge in [-0.25, -0.2) is 4.98 Å². The number of amides is 2. The van der Waals surface area contributed by atoms with Crippen molar-refractivity contribution in [3.05, 3.63) is 34.8 Å². The number of fused-ring (bicyclic) bond motifs is 2. The van der Waals surface area contributed by atoms with Gasteiger partial charge in [0, 0.05) is 4.88 Å². The van der Waals surface area contributed by atoms with Crippen LogP contribution in [0.25, 0.3) is 0 Å². The number of aromatic nitrogens is 1. The third-order valence-electron chi connectivity index (χ3n) is 4.22. The van der Waals surface area contributed by atoms with E-state index < -0.39 is 6.10 Å². The molecule has 1 atom stereocenters. The molecule has 7 heteroatoms. The quantitative estimate of drug-likeness (QED) is 0.929. The molecule has 2 amide bonds. The minimum absolute atomic E-state index is 0.0478. The number of aryl methyl sites for hydroxylation is 2. The van der Waals surface area contributed by atoms with E-state index in [9.17, 15) is 9.59 Å². The molecule has 24 heavy (non-hydrogen) atoms. The van der Waals surface area contributed by atoms with Gasteiger partial charge in [-0.1, -0.05) is 12.1 Å². The van der Waals surface area contributed by atoms with Crippen molar-refractivity contribution in [1.29, 1.82) is 0 Å². The smallest absolute Gasteiger partial charge is 0.268 e. The van der Waals surface area contributed by atoms with Crippen molar-refractivity contribution in [2.24, 2.45) is 0 Å². The molecule has 2 heterocycles. The number of ether oxygens (including phenoxy) is 1. The van der Waals surface area contributed by atoms with E-state index in [0.717, 1.165) is 25.0 Å². The van der Waals surface area contributed by atoms with Gasteiger partial charge >= 0.3 is 0 Å². The van der Waals surface area contributed by atoms with Crippen molar-refractivity contribution in [2.45, 2.75) is 32.3 Å². The summed E-state index contributed by atoms with van der Waals surface area (Å²) in [4.78, 5) is 32.0. The van der Waals surface area contributed by atoms with E-state index >= 15 is 0 Å². The second-order valence-electron chi connectivity index (χ2n) is 5.94. The summed E-state index contributed by atoms with van der Waals surface area (Å²) in [6, 6.07) is 7.25. The fourth-order valence-corrected chi connectivity index (χ4v) is 4.13. The Hall–Kier alpha value is -2.41. The summed E-state index contributed by atoms with van der Waals surface area (Å²) in [7, 11) is 0. The molecule has 1 aromatic carbocycles. The van der Waals surface area contributed by atoms with Gasteiger partial charge in [0.1, 0.15) is 12.3 Å². The van der Waals surface area contributed by atoms with Crippen molar-refractivity contribution in [2.75, 3.05) is 16.8 Å². The predicted octanol–water partition coefficient (Wildman–Crippen LogP) is 2.38. The molecular formula is C17H17N3O3S. The monoisotopic (exact) mass is 343 g/mol. The Kier molecular flexibility index (Phi) is 3.72. The molecule has 0 radical (unpaired) electrons. The lowest BCUT2D eigenvalue weighted by atomic mass is 10.2. The third-order valence-corrected chi connectivity index (χ3v) is 5.29. The van der Waals surface area contributed by atoms with E-state index in [0.29, 0.717) is 16.6 Å². The zero-order chi connectivity index (χ0) is 16.7. The Bertz CT molecular complexity index is 796. The van der Waals surface area contributed by atoms with Crippen molar-refractivity contribution in [1.82, 2.24) is 4.98 Å². The second-order valence-corrected chi connectivity index (χ2v) is 7.03. The molecule has 0 saturated heterocycles. The first-order chi connectivity index (χ1) is 11.6. The van der Waals surface area contributed by atoms with Gasteiger partial charge in [0.2, 0.25) is 5.91 Å². The van der Waals surface area contributed by atoms with Crippen LogP contribution in [0.3, 0.4) is 0 Å². The van der Waals surface area contributed by atoms with Gasteiger partial charge in [-0.2, -0.15) is 0 Å². The van der Waals surface area contributed by atoms with E-state index in [2.05, 4.69) is 10.3 Å². The van der Waals surface area contributed by atoms with E-state index in [1.165, 1.54) is 21.1 Å². The van der Waals surface area contributed by atoms with Gasteiger partial charge in [0.15, 0.2) is 11.2 Å². The lowest BCUT2D eigenvalue weighted by Crippen LogP contribution is -2.47. The lowest BCUT2D eigenvalue weighted by molar-refractivity contribution is -0.127. The molecule has 1 aliphatic heterocycles. The molecule has 0 unspecified atom stereocenters. The summed E-state index contributed by atoms with van der Waals surface area (Å²) in [5.74, 6) is 0.149. The molecule has 4 rings (SSSR count). The van der Waals surface area contributed by atoms with E-state index in [1.54, 1.807) is 19.1 Å². The van der Waals surface area contributed by atoms with Crippen LogP contribution in [-0.2, 0) is 22.4 Å². The van der Waals surface area contributed by atoms with Gasteiger partial charge in [-0.3, -0.25) is 14.5 Å². The Morgan fingerprint density at radius 3 is 3.08 bits per heavy atom. The molecule has 0 spiro atoms. The first-order valence-corrected chi connectivity index (χ1v) is 8.79. The van der Waals surface area contributed by atoms with Gasteiger partial charge in [0.05, 0.1) is 11.4 Å². The van der Waals surface area contributed by atoms with Gasteiger partial charge in [-0.15, -0.1) is 11.3 Å². The Morgan fingerprint density at radius 2 is 2.25 bits per heavy atom. The number of benzene rings is 1. The summed E-state index contributed by atoms with van der Waals surface area (Å²) >= 11 is 1.53. The first kappa shape index (κ1) is 15.1. The maximum atomic E-state index is 12.4. The number of carbonyl (C=O) groups excluding carboxylic acids is 2. The van der Waals surface area contributed by atoms with Crippen molar-refractivity contribution in [3.63, 3.8) is 0 Å². The second kappa shape index (κ2) is 5.90. The zero-order valence-corrected chi connectivity index (χ0v) is 14.1. The molecule has 1 aliphatic carbocycles. The number of carbonyl (C=O) groups is 2. The fourth-order valence-electron chi connectivity index (χ4n) is 3.07. The topological polar surface area (TPSA) is 71.5 Å². The minimum Gasteiger partial charge on any atom is -0.479 e. The molecule has 6 nitrogen and oxygen atoms in total. The number of nitrogens with zero attached hydrogens (tertiary/aromatic N) is 2. The average Bonchev–Trinajstić information content (AvgIpc) is 3.13. The average molecular weight is 343 g/mol. The lowest BCUT2D eigenvalue weighted by Gasteiger charge is -2.32. The largest absolute Gasteiger partial charge is 0.479 e. The summed E-state index contributed by atoms with van der Waals surface area (Å²) in [5, 5.41) is 3.44. The molecule has 1 N–H and O–H groups in total. The highest BCUT2D eigenvalue weighted by Crippen LogP contribution is 2.34. The van der Waals surface area contributed by atoms with Crippen LogP contribution >= 0.6 is 11.3 Å². The predicted molar refractivity (Wildman–Crippen MR) is 91.7 cm³/mol. The maximum absolute atomic E-state index is 12.4. The summed E-state index contributed by atoms with van der Waals surface area (Å²) in [6.07, 6.45) is 2.56. The number of hydrogen-bond acceptors (Lipinski definition) is 5. The van der Waals surface area contributed by atoms with Crippen LogP contribution in [0.2, 0.25) is 0 Å². The number of nitrogens with one attached hydrogen (secondary N) is 1. The zero-order valence-electron chi connectivity index (χ0n) is 13.2. The summed E-state index contributed by atoms with van der Waals surface area (Å²) < 4.78 is 5.58. The van der Waals surface area contributed by atoms with Gasteiger partial charge < -0.3 is 10.1 Å². The van der Waals surface area contributed by atoms with Crippen LogP contribution in [0.15, 0.2) is 24.3 Å². The number of hydrogen-bond donors (Lipinski definition) is 1. The first-order valence-electron chi connectivity index (χ1n) is 7.97. The van der Waals surface area contributed by atoms with Crippen LogP contribution < -0.4 is 15.0 Å². The minimum atomic E-state index is -0.601. The number of para-hydroxylation sites is 2. The molecule has 2 aliphatic rings. The standard InChI is InChI=1S/C17H17N3O3S/c1-10-16(22)20(12-6-2-3-7-13(12)23-10)9-15(21)19-17-18-11-5-4-8-14(11)24-17/h2-3,6-7,10H,4-5,8-9H2,1H3,(H,18,19,21)/t10-/m1/s1. The molecular weight excluding hydrogens is 326 g/mol. The third kappa shape index (κ3) is 2.65. The maximum Gasteiger partial charge on any atom is 0.268 e. The van der Waals surface area contributed by atoms with E-state index in [4.69, 9.17) is 4.74 Å². The van der Waals surface area contributed by atoms with Crippen LogP contribution in [-0.4, -0.2) is 29.4 Å². The number of rotatable bonds is 3. The van der Waals surface area contributed by atoms with Crippen molar-refractivity contribution in [3.8, 4) is 5.75 Å². The SMILES string of the molecule is C[C@H]1Oc2ccccc2N(CC(=O)Nc2nc3c(s2)CCC3)C1=O. The van der Waals surface area contributed by atoms with Crippen LogP contribution in [0.1, 0.15) is 23.9 Å². The Labute approximate surface area is 143 Å². The van der Waals surface area contributed by atoms with E-state index in [-0.39, 0.29) is 18.4 Å². The molecule has 0 fully saturated rings. The van der Waals surface area contributed by atoms with Gasteiger partial charge in [-0.05, 0) is 38.3 Å². The van der Waals surface area contributed by atoms with Crippen LogP contribution in [0, 0.1) is 0 Å². The van der Waals surface area contributed by atoms with E-state index in [1.807, 2.05) is 12.1 Å². The molecule has 124 valence electrons. The summed E-state index contributed by atoms with van der Waals surface area (Å²) in [5.41, 5.74) is 1.72. The Balaban J connectivity index is 1.51. The van der Waals surface area contributed by atoms with Crippen LogP contribution in [0.5, 0.6) is 5.75 Å². The van der Waals surface area contributed by atoms with Crippen LogP contribution in [0.4, 0.5) is 10.8 Å². The molecule has 0 saturated carbocycles. The van der Waals surface area contributed by atoms with Crippen molar-refractivity contribution >= 4 is 34.0 Å². The highest BCUT2D eigenvalue weighted by atomic mass is 32.1. The highest BCUT2D eigenvalue weighted by Gasteiger charge is 2.32. The molecule has 2 aromatic rings. The Morgan fingerprint density at radius 1 is 1.42 bits per heavy atom. The van der Waals surface area contributed by atoms with Gasteiger partial charge in [0.25, 0.3) is 5.91 Å². The number of thiazole rings is 1. The fraction of sp³-hybridized carbons (Fsp3) is 0.353.